The number of hydrogen-bond donors (Lipinski definition) is 0. The summed E-state index contributed by atoms with van der Waals surface area (Å²) in [5.74, 6) is 1.85. The van der Waals surface area contributed by atoms with Crippen LogP contribution in [0, 0.1) is 0 Å². The van der Waals surface area contributed by atoms with E-state index in [1.54, 1.807) is 13.2 Å². The van der Waals surface area contributed by atoms with Gasteiger partial charge in [0, 0.05) is 17.5 Å². The molecule has 0 N–H and O–H groups in total. The lowest BCUT2D eigenvalue weighted by molar-refractivity contribution is -0.114. The molecule has 1 aliphatic rings. The van der Waals surface area contributed by atoms with E-state index in [4.69, 9.17) is 4.74 Å². The Bertz CT molecular complexity index is 727. The van der Waals surface area contributed by atoms with E-state index >= 15 is 0 Å². The topological polar surface area (TPSA) is 29.5 Å². The van der Waals surface area contributed by atoms with E-state index < -0.39 is 0 Å². The lowest BCUT2D eigenvalue weighted by Crippen LogP contribution is -2.30. The smallest absolute Gasteiger partial charge is 0.251 e. The quantitative estimate of drug-likeness (QED) is 0.791. The average Bonchev–Trinajstić information content (AvgIpc) is 2.82. The normalized spacial score (nSPS) is 14.4. The van der Waals surface area contributed by atoms with Crippen molar-refractivity contribution in [3.63, 3.8) is 0 Å². The fourth-order valence-corrected chi connectivity index (χ4v) is 3.55. The van der Waals surface area contributed by atoms with Gasteiger partial charge in [-0.15, -0.1) is 11.8 Å². The van der Waals surface area contributed by atoms with Crippen molar-refractivity contribution in [1.82, 2.24) is 0 Å². The first-order valence-corrected chi connectivity index (χ1v) is 8.62. The Morgan fingerprint density at radius 2 is 2.09 bits per heavy atom. The van der Waals surface area contributed by atoms with Gasteiger partial charge in [0.25, 0.3) is 5.91 Å². The van der Waals surface area contributed by atoms with Crippen molar-refractivity contribution in [2.45, 2.75) is 11.3 Å². The van der Waals surface area contributed by atoms with Gasteiger partial charge >= 0.3 is 0 Å². The molecule has 0 unspecified atom stereocenters. The Morgan fingerprint density at radius 1 is 1.22 bits per heavy atom. The monoisotopic (exact) mass is 325 g/mol. The summed E-state index contributed by atoms with van der Waals surface area (Å²) in [7, 11) is 1.64. The fourth-order valence-electron chi connectivity index (χ4n) is 2.56. The predicted molar refractivity (Wildman–Crippen MR) is 96.2 cm³/mol. The van der Waals surface area contributed by atoms with Gasteiger partial charge in [-0.3, -0.25) is 4.79 Å². The molecule has 0 spiro atoms. The van der Waals surface area contributed by atoms with Crippen molar-refractivity contribution in [3.8, 4) is 5.75 Å². The number of ether oxygens (including phenoxy) is 1. The molecule has 1 amide bonds. The van der Waals surface area contributed by atoms with Crippen molar-refractivity contribution in [1.29, 1.82) is 0 Å². The highest BCUT2D eigenvalue weighted by molar-refractivity contribution is 7.99. The van der Waals surface area contributed by atoms with Crippen molar-refractivity contribution < 1.29 is 9.53 Å². The standard InChI is InChI=1S/C19H19NO2S/c1-22-16-7-4-6-15(14-16)10-11-19(21)20-12-5-13-23-18-9-3-2-8-17(18)20/h2-4,6-11,14H,5,12-13H2,1H3/b11-10+. The molecule has 0 atom stereocenters. The van der Waals surface area contributed by atoms with Crippen LogP contribution in [0.2, 0.25) is 0 Å². The third-order valence-electron chi connectivity index (χ3n) is 3.72. The minimum absolute atomic E-state index is 0.0165. The number of hydrogen-bond acceptors (Lipinski definition) is 3. The zero-order valence-corrected chi connectivity index (χ0v) is 13.9. The van der Waals surface area contributed by atoms with Crippen LogP contribution < -0.4 is 9.64 Å². The summed E-state index contributed by atoms with van der Waals surface area (Å²) >= 11 is 1.82. The first-order chi connectivity index (χ1) is 11.3. The Balaban J connectivity index is 1.81. The van der Waals surface area contributed by atoms with E-state index in [9.17, 15) is 4.79 Å². The molecule has 1 aliphatic heterocycles. The van der Waals surface area contributed by atoms with Crippen molar-refractivity contribution in [2.75, 3.05) is 24.3 Å². The summed E-state index contributed by atoms with van der Waals surface area (Å²) in [6, 6.07) is 15.8. The molecule has 0 saturated carbocycles. The maximum atomic E-state index is 12.6. The summed E-state index contributed by atoms with van der Waals surface area (Å²) in [4.78, 5) is 15.7. The van der Waals surface area contributed by atoms with Gasteiger partial charge in [-0.05, 0) is 48.1 Å². The number of nitrogens with zero attached hydrogens (tertiary/aromatic N) is 1. The molecule has 4 heteroatoms. The number of benzene rings is 2. The van der Waals surface area contributed by atoms with E-state index in [1.165, 1.54) is 4.90 Å². The number of rotatable bonds is 3. The van der Waals surface area contributed by atoms with Gasteiger partial charge in [-0.2, -0.15) is 0 Å². The van der Waals surface area contributed by atoms with E-state index in [0.29, 0.717) is 0 Å². The second-order valence-corrected chi connectivity index (χ2v) is 6.41. The maximum absolute atomic E-state index is 12.6. The number of carbonyl (C=O) groups is 1. The Kier molecular flexibility index (Phi) is 5.03. The summed E-state index contributed by atoms with van der Waals surface area (Å²) in [6.45, 7) is 0.755. The van der Waals surface area contributed by atoms with Crippen LogP contribution in [0.25, 0.3) is 6.08 Å². The third-order valence-corrected chi connectivity index (χ3v) is 4.87. The van der Waals surface area contributed by atoms with E-state index in [1.807, 2.05) is 65.2 Å². The third kappa shape index (κ3) is 3.77. The van der Waals surface area contributed by atoms with Crippen LogP contribution in [-0.4, -0.2) is 25.3 Å². The van der Waals surface area contributed by atoms with E-state index in [2.05, 4.69) is 6.07 Å². The molecule has 3 nitrogen and oxygen atoms in total. The second-order valence-electron chi connectivity index (χ2n) is 5.27. The molecule has 3 rings (SSSR count). The predicted octanol–water partition coefficient (Wildman–Crippen LogP) is 4.24. The van der Waals surface area contributed by atoms with Gasteiger partial charge in [0.05, 0.1) is 12.8 Å². The van der Waals surface area contributed by atoms with Crippen LogP contribution in [0.5, 0.6) is 5.75 Å². The van der Waals surface area contributed by atoms with Gasteiger partial charge in [0.1, 0.15) is 5.75 Å². The molecule has 0 fully saturated rings. The van der Waals surface area contributed by atoms with Gasteiger partial charge < -0.3 is 9.64 Å². The molecular weight excluding hydrogens is 306 g/mol. The van der Waals surface area contributed by atoms with Crippen LogP contribution in [0.1, 0.15) is 12.0 Å². The first-order valence-electron chi connectivity index (χ1n) is 7.63. The number of amides is 1. The fraction of sp³-hybridized carbons (Fsp3) is 0.211. The molecule has 2 aromatic rings. The molecule has 23 heavy (non-hydrogen) atoms. The Morgan fingerprint density at radius 3 is 2.96 bits per heavy atom. The number of thioether (sulfide) groups is 1. The zero-order chi connectivity index (χ0) is 16.1. The largest absolute Gasteiger partial charge is 0.497 e. The molecule has 2 aromatic carbocycles. The minimum atomic E-state index is 0.0165. The molecule has 1 heterocycles. The molecule has 0 radical (unpaired) electrons. The van der Waals surface area contributed by atoms with Crippen LogP contribution in [0.3, 0.4) is 0 Å². The summed E-state index contributed by atoms with van der Waals surface area (Å²) in [6.07, 6.45) is 4.48. The highest BCUT2D eigenvalue weighted by Gasteiger charge is 2.19. The minimum Gasteiger partial charge on any atom is -0.497 e. The van der Waals surface area contributed by atoms with Gasteiger partial charge in [-0.1, -0.05) is 24.3 Å². The van der Waals surface area contributed by atoms with Gasteiger partial charge in [0.15, 0.2) is 0 Å². The lowest BCUT2D eigenvalue weighted by Gasteiger charge is -2.20. The van der Waals surface area contributed by atoms with Gasteiger partial charge in [0.2, 0.25) is 0 Å². The SMILES string of the molecule is COc1cccc(/C=C/C(=O)N2CCCSc3ccccc32)c1. The molecule has 0 saturated heterocycles. The number of para-hydroxylation sites is 1. The molecular formula is C19H19NO2S. The van der Waals surface area contributed by atoms with Crippen molar-refractivity contribution >= 4 is 29.4 Å². The summed E-state index contributed by atoms with van der Waals surface area (Å²) in [5.41, 5.74) is 1.96. The molecule has 118 valence electrons. The highest BCUT2D eigenvalue weighted by atomic mass is 32.2. The van der Waals surface area contributed by atoms with Gasteiger partial charge in [-0.25, -0.2) is 0 Å². The summed E-state index contributed by atoms with van der Waals surface area (Å²) < 4.78 is 5.21. The zero-order valence-electron chi connectivity index (χ0n) is 13.1. The lowest BCUT2D eigenvalue weighted by atomic mass is 10.2. The van der Waals surface area contributed by atoms with Crippen molar-refractivity contribution in [3.05, 3.63) is 60.2 Å². The van der Waals surface area contributed by atoms with E-state index in [0.717, 1.165) is 35.7 Å². The number of carbonyl (C=O) groups excluding carboxylic acids is 1. The highest BCUT2D eigenvalue weighted by Crippen LogP contribution is 2.33. The molecule has 0 aromatic heterocycles. The molecule has 0 aliphatic carbocycles. The van der Waals surface area contributed by atoms with E-state index in [-0.39, 0.29) is 5.91 Å². The van der Waals surface area contributed by atoms with Crippen LogP contribution in [0.4, 0.5) is 5.69 Å². The maximum Gasteiger partial charge on any atom is 0.251 e. The number of methoxy groups -OCH3 is 1. The first kappa shape index (κ1) is 15.7. The Hall–Kier alpha value is -2.20. The second kappa shape index (κ2) is 7.38. The summed E-state index contributed by atoms with van der Waals surface area (Å²) in [5, 5.41) is 0. The van der Waals surface area contributed by atoms with Crippen molar-refractivity contribution in [2.24, 2.45) is 0 Å². The van der Waals surface area contributed by atoms with Crippen LogP contribution in [0.15, 0.2) is 59.5 Å². The Labute approximate surface area is 141 Å². The van der Waals surface area contributed by atoms with Crippen LogP contribution in [-0.2, 0) is 4.79 Å². The molecule has 0 bridgehead atoms. The number of anilines is 1. The average molecular weight is 325 g/mol. The number of fused-ring (bicyclic) bond motifs is 1. The van der Waals surface area contributed by atoms with Crippen LogP contribution >= 0.6 is 11.8 Å².